The van der Waals surface area contributed by atoms with Crippen LogP contribution in [0.15, 0.2) is 24.3 Å². The third-order valence-corrected chi connectivity index (χ3v) is 3.86. The van der Waals surface area contributed by atoms with Gasteiger partial charge in [-0.3, -0.25) is 4.79 Å². The van der Waals surface area contributed by atoms with E-state index < -0.39 is 0 Å². The summed E-state index contributed by atoms with van der Waals surface area (Å²) in [6.07, 6.45) is 8.41. The van der Waals surface area contributed by atoms with Gasteiger partial charge in [0.05, 0.1) is 0 Å². The van der Waals surface area contributed by atoms with Gasteiger partial charge in [-0.2, -0.15) is 0 Å². The zero-order chi connectivity index (χ0) is 12.1. The number of hydrogen-bond acceptors (Lipinski definition) is 1. The van der Waals surface area contributed by atoms with Crippen molar-refractivity contribution in [2.24, 2.45) is 5.92 Å². The van der Waals surface area contributed by atoms with E-state index in [1.54, 1.807) is 12.1 Å². The Morgan fingerprint density at radius 1 is 0.941 bits per heavy atom. The summed E-state index contributed by atoms with van der Waals surface area (Å²) >= 11 is 5.84. The molecule has 1 aromatic rings. The summed E-state index contributed by atoms with van der Waals surface area (Å²) < 4.78 is 0. The van der Waals surface area contributed by atoms with Crippen LogP contribution in [0.4, 0.5) is 0 Å². The molecule has 0 spiro atoms. The van der Waals surface area contributed by atoms with Crippen LogP contribution in [0.25, 0.3) is 0 Å². The SMILES string of the molecule is O=C(c1ccc(Cl)cc1)C1CCCCCCC1. The van der Waals surface area contributed by atoms with Crippen molar-refractivity contribution in [3.63, 3.8) is 0 Å². The molecule has 17 heavy (non-hydrogen) atoms. The lowest BCUT2D eigenvalue weighted by Crippen LogP contribution is -2.16. The van der Waals surface area contributed by atoms with Crippen molar-refractivity contribution in [2.45, 2.75) is 44.9 Å². The summed E-state index contributed by atoms with van der Waals surface area (Å²) in [5, 5.41) is 0.694. The second kappa shape index (κ2) is 6.20. The van der Waals surface area contributed by atoms with Crippen LogP contribution < -0.4 is 0 Å². The van der Waals surface area contributed by atoms with E-state index in [1.165, 1.54) is 32.1 Å². The molecule has 1 aromatic carbocycles. The van der Waals surface area contributed by atoms with Gasteiger partial charge >= 0.3 is 0 Å². The van der Waals surface area contributed by atoms with Crippen molar-refractivity contribution < 1.29 is 4.79 Å². The summed E-state index contributed by atoms with van der Waals surface area (Å²) in [4.78, 5) is 12.3. The Labute approximate surface area is 108 Å². The molecule has 1 aliphatic carbocycles. The van der Waals surface area contributed by atoms with E-state index in [0.717, 1.165) is 18.4 Å². The molecule has 1 aliphatic rings. The second-order valence-corrected chi connectivity index (χ2v) is 5.35. The summed E-state index contributed by atoms with van der Waals surface area (Å²) in [5.74, 6) is 0.542. The lowest BCUT2D eigenvalue weighted by molar-refractivity contribution is 0.0898. The maximum atomic E-state index is 12.3. The highest BCUT2D eigenvalue weighted by atomic mass is 35.5. The van der Waals surface area contributed by atoms with Gasteiger partial charge in [0.25, 0.3) is 0 Å². The highest BCUT2D eigenvalue weighted by Crippen LogP contribution is 2.25. The lowest BCUT2D eigenvalue weighted by Gasteiger charge is -2.18. The van der Waals surface area contributed by atoms with Crippen LogP contribution in [0.1, 0.15) is 55.3 Å². The van der Waals surface area contributed by atoms with Crippen molar-refractivity contribution in [1.82, 2.24) is 0 Å². The number of hydrogen-bond donors (Lipinski definition) is 0. The molecule has 0 amide bonds. The summed E-state index contributed by atoms with van der Waals surface area (Å²) in [7, 11) is 0. The van der Waals surface area contributed by atoms with E-state index in [2.05, 4.69) is 0 Å². The number of rotatable bonds is 2. The summed E-state index contributed by atoms with van der Waals surface area (Å²) in [5.41, 5.74) is 0.819. The standard InChI is InChI=1S/C15H19ClO/c16-14-10-8-13(9-11-14)15(17)12-6-4-2-1-3-5-7-12/h8-12H,1-7H2. The zero-order valence-corrected chi connectivity index (χ0v) is 10.9. The molecule has 0 radical (unpaired) electrons. The molecule has 0 aliphatic heterocycles. The molecule has 92 valence electrons. The second-order valence-electron chi connectivity index (χ2n) is 4.91. The number of benzene rings is 1. The topological polar surface area (TPSA) is 17.1 Å². The minimum absolute atomic E-state index is 0.233. The van der Waals surface area contributed by atoms with Crippen molar-refractivity contribution in [2.75, 3.05) is 0 Å². The first-order valence-electron chi connectivity index (χ1n) is 6.57. The average molecular weight is 251 g/mol. The number of ketones is 1. The molecule has 2 rings (SSSR count). The molecule has 0 saturated heterocycles. The van der Waals surface area contributed by atoms with Gasteiger partial charge in [-0.25, -0.2) is 0 Å². The number of halogens is 1. The zero-order valence-electron chi connectivity index (χ0n) is 10.1. The van der Waals surface area contributed by atoms with Gasteiger partial charge in [-0.05, 0) is 37.1 Å². The number of Topliss-reactive ketones (excluding diaryl/α,β-unsaturated/α-hetero) is 1. The Hall–Kier alpha value is -0.820. The minimum atomic E-state index is 0.233. The van der Waals surface area contributed by atoms with Crippen molar-refractivity contribution in [1.29, 1.82) is 0 Å². The highest BCUT2D eigenvalue weighted by molar-refractivity contribution is 6.30. The molecule has 0 N–H and O–H groups in total. The Morgan fingerprint density at radius 3 is 2.06 bits per heavy atom. The van der Waals surface area contributed by atoms with Gasteiger partial charge in [0.2, 0.25) is 0 Å². The molecule has 1 saturated carbocycles. The molecular formula is C15H19ClO. The van der Waals surface area contributed by atoms with E-state index in [1.807, 2.05) is 12.1 Å². The normalized spacial score (nSPS) is 18.4. The highest BCUT2D eigenvalue weighted by Gasteiger charge is 2.20. The average Bonchev–Trinajstić information content (AvgIpc) is 2.29. The van der Waals surface area contributed by atoms with Crippen LogP contribution in [-0.4, -0.2) is 5.78 Å². The Balaban J connectivity index is 2.04. The predicted octanol–water partition coefficient (Wildman–Crippen LogP) is 4.88. The largest absolute Gasteiger partial charge is 0.294 e. The molecule has 0 unspecified atom stereocenters. The van der Waals surface area contributed by atoms with E-state index in [-0.39, 0.29) is 5.92 Å². The lowest BCUT2D eigenvalue weighted by atomic mass is 9.86. The van der Waals surface area contributed by atoms with Crippen LogP contribution in [-0.2, 0) is 0 Å². The van der Waals surface area contributed by atoms with Gasteiger partial charge in [0.1, 0.15) is 0 Å². The summed E-state index contributed by atoms with van der Waals surface area (Å²) in [6, 6.07) is 7.31. The first kappa shape index (κ1) is 12.6. The predicted molar refractivity (Wildman–Crippen MR) is 71.6 cm³/mol. The van der Waals surface area contributed by atoms with Crippen LogP contribution in [0.2, 0.25) is 5.02 Å². The van der Waals surface area contributed by atoms with Crippen LogP contribution >= 0.6 is 11.6 Å². The molecular weight excluding hydrogens is 232 g/mol. The number of carbonyl (C=O) groups excluding carboxylic acids is 1. The fourth-order valence-electron chi connectivity index (χ4n) is 2.57. The maximum Gasteiger partial charge on any atom is 0.165 e. The smallest absolute Gasteiger partial charge is 0.165 e. The maximum absolute atomic E-state index is 12.3. The van der Waals surface area contributed by atoms with E-state index in [0.29, 0.717) is 10.8 Å². The van der Waals surface area contributed by atoms with Crippen molar-refractivity contribution in [3.8, 4) is 0 Å². The quantitative estimate of drug-likeness (QED) is 0.684. The van der Waals surface area contributed by atoms with Crippen molar-refractivity contribution in [3.05, 3.63) is 34.9 Å². The fraction of sp³-hybridized carbons (Fsp3) is 0.533. The van der Waals surface area contributed by atoms with Crippen LogP contribution in [0.3, 0.4) is 0 Å². The van der Waals surface area contributed by atoms with Gasteiger partial charge < -0.3 is 0 Å². The van der Waals surface area contributed by atoms with Crippen LogP contribution in [0.5, 0.6) is 0 Å². The fourth-order valence-corrected chi connectivity index (χ4v) is 2.69. The molecule has 1 nitrogen and oxygen atoms in total. The third kappa shape index (κ3) is 3.57. The molecule has 1 fully saturated rings. The van der Waals surface area contributed by atoms with Gasteiger partial charge in [0, 0.05) is 16.5 Å². The first-order chi connectivity index (χ1) is 8.27. The summed E-state index contributed by atoms with van der Waals surface area (Å²) in [6.45, 7) is 0. The first-order valence-corrected chi connectivity index (χ1v) is 6.95. The Bertz CT molecular complexity index is 361. The third-order valence-electron chi connectivity index (χ3n) is 3.60. The molecule has 0 heterocycles. The van der Waals surface area contributed by atoms with Gasteiger partial charge in [-0.1, -0.05) is 43.7 Å². The van der Waals surface area contributed by atoms with E-state index in [9.17, 15) is 4.79 Å². The number of carbonyl (C=O) groups is 1. The monoisotopic (exact) mass is 250 g/mol. The van der Waals surface area contributed by atoms with E-state index >= 15 is 0 Å². The molecule has 2 heteroatoms. The molecule has 0 atom stereocenters. The molecule has 0 aromatic heterocycles. The van der Waals surface area contributed by atoms with E-state index in [4.69, 9.17) is 11.6 Å². The molecule has 0 bridgehead atoms. The minimum Gasteiger partial charge on any atom is -0.294 e. The Morgan fingerprint density at radius 2 is 1.47 bits per heavy atom. The van der Waals surface area contributed by atoms with Gasteiger partial charge in [-0.15, -0.1) is 0 Å². The van der Waals surface area contributed by atoms with Gasteiger partial charge in [0.15, 0.2) is 5.78 Å². The van der Waals surface area contributed by atoms with Crippen molar-refractivity contribution >= 4 is 17.4 Å². The van der Waals surface area contributed by atoms with Crippen LogP contribution in [0, 0.1) is 5.92 Å². The Kier molecular flexibility index (Phi) is 4.61.